The fourth-order valence-corrected chi connectivity index (χ4v) is 3.92. The highest BCUT2D eigenvalue weighted by Gasteiger charge is 2.53. The normalized spacial score (nSPS) is 30.1. The molecular weight excluding hydrogens is 418 g/mol. The largest absolute Gasteiger partial charge is 0.480 e. The topological polar surface area (TPSA) is 113 Å². The second kappa shape index (κ2) is 10.2. The van der Waals surface area contributed by atoms with Gasteiger partial charge in [0.05, 0.1) is 6.61 Å². The van der Waals surface area contributed by atoms with Crippen LogP contribution in [0.25, 0.3) is 0 Å². The van der Waals surface area contributed by atoms with Crippen molar-refractivity contribution in [2.75, 3.05) is 13.2 Å². The minimum absolute atomic E-state index is 0.213. The molecule has 178 valence electrons. The lowest BCUT2D eigenvalue weighted by Gasteiger charge is -2.50. The molecule has 3 rings (SSSR count). The molecule has 2 aliphatic heterocycles. The van der Waals surface area contributed by atoms with E-state index in [4.69, 9.17) is 28.8 Å². The molecule has 0 aliphatic carbocycles. The molecule has 1 aromatic carbocycles. The van der Waals surface area contributed by atoms with Crippen molar-refractivity contribution in [3.05, 3.63) is 29.8 Å². The summed E-state index contributed by atoms with van der Waals surface area (Å²) in [7, 11) is 0. The maximum absolute atomic E-state index is 12.0. The number of hydrogen-bond acceptors (Lipinski definition) is 7. The summed E-state index contributed by atoms with van der Waals surface area (Å²) in [5.41, 5.74) is 1.20. The lowest BCUT2D eigenvalue weighted by molar-refractivity contribution is -0.364. The Morgan fingerprint density at radius 2 is 1.97 bits per heavy atom. The van der Waals surface area contributed by atoms with E-state index in [9.17, 15) is 9.59 Å². The van der Waals surface area contributed by atoms with Crippen LogP contribution in [0.1, 0.15) is 52.5 Å². The number of carbonyl (C=O) groups is 2. The summed E-state index contributed by atoms with van der Waals surface area (Å²) < 4.78 is 29.7. The Morgan fingerprint density at radius 1 is 1.28 bits per heavy atom. The standard InChI is InChI=1S/C23H33NO8/c1-6-13(2)15-7-9-16(10-8-15)30-22-19(24-14(3)25)21(28-12-18(26)27)20-17(31-22)11-29-23(4,5)32-20/h7-10,13,17,19-22H,6,11-12H2,1-5H3,(H,24,25)(H,26,27). The van der Waals surface area contributed by atoms with E-state index in [0.717, 1.165) is 6.42 Å². The molecule has 2 aliphatic rings. The van der Waals surface area contributed by atoms with E-state index in [1.807, 2.05) is 24.3 Å². The predicted octanol–water partition coefficient (Wildman–Crippen LogP) is 2.43. The number of rotatable bonds is 8. The molecule has 1 aromatic rings. The zero-order valence-electron chi connectivity index (χ0n) is 19.2. The van der Waals surface area contributed by atoms with Crippen LogP contribution in [0.15, 0.2) is 24.3 Å². The van der Waals surface area contributed by atoms with E-state index in [-0.39, 0.29) is 12.5 Å². The molecule has 0 spiro atoms. The fraction of sp³-hybridized carbons (Fsp3) is 0.652. The van der Waals surface area contributed by atoms with Gasteiger partial charge in [-0.3, -0.25) is 4.79 Å². The minimum Gasteiger partial charge on any atom is -0.480 e. The lowest BCUT2D eigenvalue weighted by Crippen LogP contribution is -2.69. The Morgan fingerprint density at radius 3 is 2.56 bits per heavy atom. The number of ether oxygens (including phenoxy) is 5. The van der Waals surface area contributed by atoms with Crippen LogP contribution in [0, 0.1) is 0 Å². The van der Waals surface area contributed by atoms with Crippen molar-refractivity contribution in [2.45, 2.75) is 83.4 Å². The molecule has 0 bridgehead atoms. The Bertz CT molecular complexity index is 796. The zero-order valence-corrected chi connectivity index (χ0v) is 19.2. The van der Waals surface area contributed by atoms with E-state index >= 15 is 0 Å². The van der Waals surface area contributed by atoms with Crippen LogP contribution in [0.3, 0.4) is 0 Å². The number of carboxylic acid groups (broad SMARTS) is 1. The average Bonchev–Trinajstić information content (AvgIpc) is 2.73. The third-order valence-corrected chi connectivity index (χ3v) is 5.74. The van der Waals surface area contributed by atoms with Gasteiger partial charge in [-0.25, -0.2) is 4.79 Å². The van der Waals surface area contributed by atoms with Gasteiger partial charge >= 0.3 is 5.97 Å². The molecule has 0 saturated carbocycles. The second-order valence-corrected chi connectivity index (χ2v) is 8.73. The lowest BCUT2D eigenvalue weighted by atomic mass is 9.95. The maximum Gasteiger partial charge on any atom is 0.329 e. The van der Waals surface area contributed by atoms with Gasteiger partial charge in [-0.1, -0.05) is 26.0 Å². The predicted molar refractivity (Wildman–Crippen MR) is 114 cm³/mol. The number of aliphatic carboxylic acids is 1. The van der Waals surface area contributed by atoms with E-state index in [1.165, 1.54) is 12.5 Å². The van der Waals surface area contributed by atoms with Gasteiger partial charge in [-0.15, -0.1) is 0 Å². The van der Waals surface area contributed by atoms with Gasteiger partial charge in [0.2, 0.25) is 12.2 Å². The first kappa shape index (κ1) is 24.4. The molecule has 9 heteroatoms. The molecule has 6 atom stereocenters. The number of nitrogens with one attached hydrogen (secondary N) is 1. The summed E-state index contributed by atoms with van der Waals surface area (Å²) in [6, 6.07) is 6.90. The summed E-state index contributed by atoms with van der Waals surface area (Å²) >= 11 is 0. The molecule has 0 radical (unpaired) electrons. The third-order valence-electron chi connectivity index (χ3n) is 5.74. The first-order chi connectivity index (χ1) is 15.1. The number of carbonyl (C=O) groups excluding carboxylic acids is 1. The first-order valence-corrected chi connectivity index (χ1v) is 10.9. The number of benzene rings is 1. The van der Waals surface area contributed by atoms with Gasteiger partial charge in [-0.2, -0.15) is 0 Å². The number of amides is 1. The smallest absolute Gasteiger partial charge is 0.329 e. The van der Waals surface area contributed by atoms with Crippen LogP contribution in [0.4, 0.5) is 0 Å². The van der Waals surface area contributed by atoms with Crippen LogP contribution < -0.4 is 10.1 Å². The van der Waals surface area contributed by atoms with Crippen LogP contribution >= 0.6 is 0 Å². The van der Waals surface area contributed by atoms with Gasteiger partial charge < -0.3 is 34.1 Å². The third kappa shape index (κ3) is 5.98. The zero-order chi connectivity index (χ0) is 23.5. The van der Waals surface area contributed by atoms with Crippen molar-refractivity contribution in [3.63, 3.8) is 0 Å². The van der Waals surface area contributed by atoms with Crippen molar-refractivity contribution in [1.82, 2.24) is 5.32 Å². The summed E-state index contributed by atoms with van der Waals surface area (Å²) in [5, 5.41) is 12.0. The number of carboxylic acids is 1. The summed E-state index contributed by atoms with van der Waals surface area (Å²) in [6.45, 7) is 8.83. The molecule has 0 aromatic heterocycles. The van der Waals surface area contributed by atoms with Crippen molar-refractivity contribution in [3.8, 4) is 5.75 Å². The van der Waals surface area contributed by atoms with Gasteiger partial charge in [0, 0.05) is 6.92 Å². The van der Waals surface area contributed by atoms with Crippen LogP contribution in [-0.4, -0.2) is 66.6 Å². The van der Waals surface area contributed by atoms with E-state index < -0.39 is 49.0 Å². The monoisotopic (exact) mass is 451 g/mol. The SMILES string of the molecule is CCC(C)c1ccc(OC2OC3COC(C)(C)OC3C(OCC(=O)O)C2NC(C)=O)cc1. The van der Waals surface area contributed by atoms with Gasteiger partial charge in [0.1, 0.15) is 36.7 Å². The van der Waals surface area contributed by atoms with Crippen LogP contribution in [-0.2, 0) is 28.5 Å². The van der Waals surface area contributed by atoms with Gasteiger partial charge in [0.25, 0.3) is 0 Å². The summed E-state index contributed by atoms with van der Waals surface area (Å²) in [5.74, 6) is -1.37. The Labute approximate surface area is 188 Å². The number of hydrogen-bond donors (Lipinski definition) is 2. The highest BCUT2D eigenvalue weighted by Crippen LogP contribution is 2.35. The van der Waals surface area contributed by atoms with E-state index in [2.05, 4.69) is 19.2 Å². The minimum atomic E-state index is -1.13. The highest BCUT2D eigenvalue weighted by atomic mass is 16.8. The quantitative estimate of drug-likeness (QED) is 0.620. The second-order valence-electron chi connectivity index (χ2n) is 8.73. The fourth-order valence-electron chi connectivity index (χ4n) is 3.92. The Balaban J connectivity index is 1.86. The molecule has 9 nitrogen and oxygen atoms in total. The Kier molecular flexibility index (Phi) is 7.76. The molecule has 2 saturated heterocycles. The van der Waals surface area contributed by atoms with Crippen LogP contribution in [0.5, 0.6) is 5.75 Å². The van der Waals surface area contributed by atoms with E-state index in [0.29, 0.717) is 11.7 Å². The molecule has 2 N–H and O–H groups in total. The molecular formula is C23H33NO8. The van der Waals surface area contributed by atoms with Gasteiger partial charge in [0.15, 0.2) is 5.79 Å². The van der Waals surface area contributed by atoms with Gasteiger partial charge in [-0.05, 0) is 43.9 Å². The van der Waals surface area contributed by atoms with E-state index in [1.54, 1.807) is 13.8 Å². The van der Waals surface area contributed by atoms with Crippen LogP contribution in [0.2, 0.25) is 0 Å². The molecule has 2 fully saturated rings. The number of fused-ring (bicyclic) bond motifs is 1. The molecule has 1 amide bonds. The maximum atomic E-state index is 12.0. The van der Waals surface area contributed by atoms with Crippen molar-refractivity contribution >= 4 is 11.9 Å². The molecule has 2 heterocycles. The Hall–Kier alpha value is -2.20. The van der Waals surface area contributed by atoms with Crippen molar-refractivity contribution in [2.24, 2.45) is 0 Å². The average molecular weight is 452 g/mol. The van der Waals surface area contributed by atoms with Crippen molar-refractivity contribution in [1.29, 1.82) is 0 Å². The summed E-state index contributed by atoms with van der Waals surface area (Å²) in [4.78, 5) is 23.2. The first-order valence-electron chi connectivity index (χ1n) is 10.9. The molecule has 6 unspecified atom stereocenters. The highest BCUT2D eigenvalue weighted by molar-refractivity contribution is 5.73. The summed E-state index contributed by atoms with van der Waals surface area (Å²) in [6.07, 6.45) is -1.93. The van der Waals surface area contributed by atoms with Crippen molar-refractivity contribution < 1.29 is 38.4 Å². The molecule has 32 heavy (non-hydrogen) atoms.